The smallest absolute Gasteiger partial charge is 0.268 e. The SMILES string of the molecule is CCCc1nnsc1C(=O)N1C2CCC1COC2. The first-order chi connectivity index (χ1) is 8.81. The number of amides is 1. The van der Waals surface area contributed by atoms with Crippen molar-refractivity contribution in [3.63, 3.8) is 0 Å². The molecule has 0 aromatic carbocycles. The molecule has 2 aliphatic heterocycles. The van der Waals surface area contributed by atoms with Gasteiger partial charge in [0.2, 0.25) is 0 Å². The Bertz CT molecular complexity index is 432. The van der Waals surface area contributed by atoms with E-state index in [-0.39, 0.29) is 18.0 Å². The molecule has 6 heteroatoms. The molecule has 98 valence electrons. The molecule has 1 aromatic heterocycles. The van der Waals surface area contributed by atoms with Crippen LogP contribution in [0, 0.1) is 0 Å². The molecule has 0 radical (unpaired) electrons. The summed E-state index contributed by atoms with van der Waals surface area (Å²) in [6.07, 6.45) is 3.94. The molecule has 3 rings (SSSR count). The Hall–Kier alpha value is -1.01. The Kier molecular flexibility index (Phi) is 3.30. The average Bonchev–Trinajstić information content (AvgIpc) is 2.92. The van der Waals surface area contributed by atoms with E-state index in [0.717, 1.165) is 36.3 Å². The van der Waals surface area contributed by atoms with Crippen LogP contribution in [-0.4, -0.2) is 45.7 Å². The van der Waals surface area contributed by atoms with Crippen LogP contribution in [0.1, 0.15) is 41.6 Å². The monoisotopic (exact) mass is 267 g/mol. The number of rotatable bonds is 3. The van der Waals surface area contributed by atoms with E-state index in [4.69, 9.17) is 4.74 Å². The fourth-order valence-corrected chi connectivity index (χ4v) is 3.50. The molecule has 2 fully saturated rings. The molecular weight excluding hydrogens is 250 g/mol. The maximum atomic E-state index is 12.6. The third-order valence-electron chi connectivity index (χ3n) is 3.71. The molecule has 2 saturated heterocycles. The lowest BCUT2D eigenvalue weighted by Crippen LogP contribution is -2.49. The molecule has 18 heavy (non-hydrogen) atoms. The first kappa shape index (κ1) is 12.0. The summed E-state index contributed by atoms with van der Waals surface area (Å²) in [7, 11) is 0. The van der Waals surface area contributed by atoms with E-state index < -0.39 is 0 Å². The second kappa shape index (κ2) is 4.93. The number of carbonyl (C=O) groups excluding carboxylic acids is 1. The molecule has 0 saturated carbocycles. The fourth-order valence-electron chi connectivity index (χ4n) is 2.85. The lowest BCUT2D eigenvalue weighted by Gasteiger charge is -2.34. The van der Waals surface area contributed by atoms with Crippen molar-refractivity contribution in [3.8, 4) is 0 Å². The zero-order valence-corrected chi connectivity index (χ0v) is 11.3. The summed E-state index contributed by atoms with van der Waals surface area (Å²) in [5.41, 5.74) is 0.860. The number of hydrogen-bond acceptors (Lipinski definition) is 5. The van der Waals surface area contributed by atoms with Crippen molar-refractivity contribution in [2.45, 2.75) is 44.7 Å². The van der Waals surface area contributed by atoms with Crippen LogP contribution >= 0.6 is 11.5 Å². The third-order valence-corrected chi connectivity index (χ3v) is 4.47. The third kappa shape index (κ3) is 1.93. The van der Waals surface area contributed by atoms with Gasteiger partial charge in [-0.05, 0) is 30.8 Å². The van der Waals surface area contributed by atoms with Gasteiger partial charge in [0.1, 0.15) is 4.88 Å². The van der Waals surface area contributed by atoms with Gasteiger partial charge in [-0.1, -0.05) is 17.8 Å². The normalized spacial score (nSPS) is 26.6. The largest absolute Gasteiger partial charge is 0.377 e. The van der Waals surface area contributed by atoms with Crippen LogP contribution in [0.4, 0.5) is 0 Å². The number of aryl methyl sites for hydroxylation is 1. The maximum Gasteiger partial charge on any atom is 0.268 e. The predicted octanol–water partition coefficient (Wildman–Crippen LogP) is 1.49. The summed E-state index contributed by atoms with van der Waals surface area (Å²) in [4.78, 5) is 15.4. The van der Waals surface area contributed by atoms with Gasteiger partial charge in [-0.3, -0.25) is 4.79 Å². The average molecular weight is 267 g/mol. The van der Waals surface area contributed by atoms with E-state index in [1.807, 2.05) is 4.90 Å². The van der Waals surface area contributed by atoms with Crippen LogP contribution in [0.25, 0.3) is 0 Å². The summed E-state index contributed by atoms with van der Waals surface area (Å²) in [5.74, 6) is 0.115. The lowest BCUT2D eigenvalue weighted by molar-refractivity contribution is -0.00696. The van der Waals surface area contributed by atoms with Gasteiger partial charge in [-0.15, -0.1) is 5.10 Å². The highest BCUT2D eigenvalue weighted by molar-refractivity contribution is 7.08. The van der Waals surface area contributed by atoms with Crippen molar-refractivity contribution in [2.75, 3.05) is 13.2 Å². The summed E-state index contributed by atoms with van der Waals surface area (Å²) in [5, 5.41) is 4.08. The second-order valence-corrected chi connectivity index (χ2v) is 5.69. The van der Waals surface area contributed by atoms with Gasteiger partial charge < -0.3 is 9.64 Å². The number of carbonyl (C=O) groups is 1. The van der Waals surface area contributed by atoms with Gasteiger partial charge in [-0.25, -0.2) is 0 Å². The highest BCUT2D eigenvalue weighted by atomic mass is 32.1. The van der Waals surface area contributed by atoms with Crippen LogP contribution in [0.2, 0.25) is 0 Å². The maximum absolute atomic E-state index is 12.6. The summed E-state index contributed by atoms with van der Waals surface area (Å²) < 4.78 is 9.45. The van der Waals surface area contributed by atoms with Crippen LogP contribution in [0.15, 0.2) is 0 Å². The first-order valence-electron chi connectivity index (χ1n) is 6.53. The van der Waals surface area contributed by atoms with E-state index in [1.165, 1.54) is 11.5 Å². The number of ether oxygens (including phenoxy) is 1. The van der Waals surface area contributed by atoms with Gasteiger partial charge in [0.15, 0.2) is 0 Å². The van der Waals surface area contributed by atoms with E-state index in [0.29, 0.717) is 13.2 Å². The molecule has 0 N–H and O–H groups in total. The Morgan fingerprint density at radius 3 is 2.83 bits per heavy atom. The predicted molar refractivity (Wildman–Crippen MR) is 67.7 cm³/mol. The molecule has 1 amide bonds. The molecular formula is C12H17N3O2S. The standard InChI is InChI=1S/C12H17N3O2S/c1-2-3-10-11(18-14-13-10)12(16)15-8-4-5-9(15)7-17-6-8/h8-9H,2-7H2,1H3. The first-order valence-corrected chi connectivity index (χ1v) is 7.30. The van der Waals surface area contributed by atoms with Crippen molar-refractivity contribution in [2.24, 2.45) is 0 Å². The molecule has 3 heterocycles. The van der Waals surface area contributed by atoms with Gasteiger partial charge in [0, 0.05) is 0 Å². The lowest BCUT2D eigenvalue weighted by atomic mass is 10.2. The van der Waals surface area contributed by atoms with Crippen LogP contribution in [-0.2, 0) is 11.2 Å². The van der Waals surface area contributed by atoms with E-state index in [1.54, 1.807) is 0 Å². The molecule has 0 aliphatic carbocycles. The number of hydrogen-bond donors (Lipinski definition) is 0. The van der Waals surface area contributed by atoms with Gasteiger partial charge in [0.05, 0.1) is 31.0 Å². The van der Waals surface area contributed by atoms with Crippen molar-refractivity contribution >= 4 is 17.4 Å². The van der Waals surface area contributed by atoms with Crippen molar-refractivity contribution in [1.29, 1.82) is 0 Å². The van der Waals surface area contributed by atoms with Crippen molar-refractivity contribution in [1.82, 2.24) is 14.5 Å². The number of aromatic nitrogens is 2. The van der Waals surface area contributed by atoms with E-state index in [2.05, 4.69) is 16.5 Å². The van der Waals surface area contributed by atoms with Gasteiger partial charge in [-0.2, -0.15) is 0 Å². The second-order valence-electron chi connectivity index (χ2n) is 4.93. The fraction of sp³-hybridized carbons (Fsp3) is 0.750. The quantitative estimate of drug-likeness (QED) is 0.832. The molecule has 2 bridgehead atoms. The zero-order chi connectivity index (χ0) is 12.5. The van der Waals surface area contributed by atoms with Crippen LogP contribution < -0.4 is 0 Å². The minimum atomic E-state index is 0.115. The minimum absolute atomic E-state index is 0.115. The van der Waals surface area contributed by atoms with E-state index >= 15 is 0 Å². The molecule has 0 spiro atoms. The van der Waals surface area contributed by atoms with Gasteiger partial charge >= 0.3 is 0 Å². The minimum Gasteiger partial charge on any atom is -0.377 e. The molecule has 5 nitrogen and oxygen atoms in total. The van der Waals surface area contributed by atoms with Crippen molar-refractivity contribution < 1.29 is 9.53 Å². The number of fused-ring (bicyclic) bond motifs is 2. The molecule has 1 aromatic rings. The highest BCUT2D eigenvalue weighted by Crippen LogP contribution is 2.31. The molecule has 2 aliphatic rings. The summed E-state index contributed by atoms with van der Waals surface area (Å²) in [6.45, 7) is 3.45. The number of nitrogens with zero attached hydrogens (tertiary/aromatic N) is 3. The Labute approximate surface area is 110 Å². The number of morpholine rings is 1. The Morgan fingerprint density at radius 1 is 1.44 bits per heavy atom. The van der Waals surface area contributed by atoms with Crippen molar-refractivity contribution in [3.05, 3.63) is 10.6 Å². The molecule has 2 atom stereocenters. The highest BCUT2D eigenvalue weighted by Gasteiger charge is 2.41. The summed E-state index contributed by atoms with van der Waals surface area (Å²) >= 11 is 1.23. The van der Waals surface area contributed by atoms with Crippen LogP contribution in [0.3, 0.4) is 0 Å². The molecule has 2 unspecified atom stereocenters. The zero-order valence-electron chi connectivity index (χ0n) is 10.5. The topological polar surface area (TPSA) is 55.3 Å². The van der Waals surface area contributed by atoms with E-state index in [9.17, 15) is 4.79 Å². The summed E-state index contributed by atoms with van der Waals surface area (Å²) in [6, 6.07) is 0.514. The van der Waals surface area contributed by atoms with Crippen LogP contribution in [0.5, 0.6) is 0 Å². The Morgan fingerprint density at radius 2 is 2.17 bits per heavy atom. The Balaban J connectivity index is 1.83. The van der Waals surface area contributed by atoms with Gasteiger partial charge in [0.25, 0.3) is 5.91 Å².